The normalized spacial score (nSPS) is 27.9. The smallest absolute Gasteiger partial charge is 0.0150 e. The molecule has 0 radical (unpaired) electrons. The molecule has 0 aromatic rings. The molecule has 0 aromatic heterocycles. The van der Waals surface area contributed by atoms with Crippen molar-refractivity contribution >= 4 is 0 Å². The molecule has 0 bridgehead atoms. The molecule has 0 amide bonds. The van der Waals surface area contributed by atoms with Gasteiger partial charge < -0.3 is 5.32 Å². The minimum atomic E-state index is 0.358. The molecule has 0 saturated heterocycles. The number of nitrogens with zero attached hydrogens (tertiary/aromatic N) is 1. The summed E-state index contributed by atoms with van der Waals surface area (Å²) in [6.07, 6.45) is 4.01. The van der Waals surface area contributed by atoms with Crippen molar-refractivity contribution in [2.75, 3.05) is 20.6 Å². The van der Waals surface area contributed by atoms with Gasteiger partial charge in [-0.25, -0.2) is 0 Å². The second-order valence-corrected chi connectivity index (χ2v) is 5.24. The number of rotatable bonds is 5. The van der Waals surface area contributed by atoms with Gasteiger partial charge in [0.2, 0.25) is 0 Å². The van der Waals surface area contributed by atoms with Crippen molar-refractivity contribution in [1.29, 1.82) is 0 Å². The first kappa shape index (κ1) is 12.0. The minimum Gasteiger partial charge on any atom is -0.319 e. The van der Waals surface area contributed by atoms with Crippen LogP contribution in [-0.4, -0.2) is 37.1 Å². The highest BCUT2D eigenvalue weighted by atomic mass is 15.2. The van der Waals surface area contributed by atoms with Gasteiger partial charge in [0.25, 0.3) is 0 Å². The van der Waals surface area contributed by atoms with E-state index in [0.717, 1.165) is 12.0 Å². The van der Waals surface area contributed by atoms with Gasteiger partial charge in [0, 0.05) is 11.6 Å². The Hall–Kier alpha value is -0.0800. The largest absolute Gasteiger partial charge is 0.319 e. The summed E-state index contributed by atoms with van der Waals surface area (Å²) in [5, 5.41) is 3.30. The van der Waals surface area contributed by atoms with Crippen LogP contribution in [0.4, 0.5) is 0 Å². The van der Waals surface area contributed by atoms with Gasteiger partial charge in [-0.05, 0) is 59.7 Å². The van der Waals surface area contributed by atoms with E-state index >= 15 is 0 Å². The third-order valence-corrected chi connectivity index (χ3v) is 4.16. The fraction of sp³-hybridized carbons (Fsp3) is 1.00. The van der Waals surface area contributed by atoms with Gasteiger partial charge in [0.05, 0.1) is 0 Å². The van der Waals surface area contributed by atoms with Crippen LogP contribution in [0.1, 0.15) is 40.0 Å². The van der Waals surface area contributed by atoms with Gasteiger partial charge in [-0.15, -0.1) is 0 Å². The Kier molecular flexibility index (Phi) is 3.96. The average molecular weight is 198 g/mol. The summed E-state index contributed by atoms with van der Waals surface area (Å²) in [4.78, 5) is 2.58. The number of hydrogen-bond acceptors (Lipinski definition) is 2. The van der Waals surface area contributed by atoms with Crippen molar-refractivity contribution in [1.82, 2.24) is 10.2 Å². The van der Waals surface area contributed by atoms with Crippen LogP contribution in [-0.2, 0) is 0 Å². The highest BCUT2D eigenvalue weighted by molar-refractivity contribution is 4.93. The third kappa shape index (κ3) is 2.29. The summed E-state index contributed by atoms with van der Waals surface area (Å²) in [6, 6.07) is 0.803. The SMILES string of the molecule is CCC(C)(C)N(C)C1CCC1CNC. The molecule has 1 saturated carbocycles. The molecule has 1 aliphatic rings. The van der Waals surface area contributed by atoms with Gasteiger partial charge in [0.15, 0.2) is 0 Å². The lowest BCUT2D eigenvalue weighted by molar-refractivity contribution is 0.00971. The molecular formula is C12H26N2. The molecule has 0 spiro atoms. The minimum absolute atomic E-state index is 0.358. The zero-order valence-corrected chi connectivity index (χ0v) is 10.4. The standard InChI is InChI=1S/C12H26N2/c1-6-12(2,3)14(5)11-8-7-10(11)9-13-4/h10-11,13H,6-9H2,1-5H3. The van der Waals surface area contributed by atoms with Crippen LogP contribution in [0, 0.1) is 5.92 Å². The molecule has 1 rings (SSSR count). The maximum atomic E-state index is 3.30. The van der Waals surface area contributed by atoms with E-state index in [9.17, 15) is 0 Å². The first-order chi connectivity index (χ1) is 6.53. The van der Waals surface area contributed by atoms with E-state index in [0.29, 0.717) is 5.54 Å². The molecule has 1 aliphatic carbocycles. The van der Waals surface area contributed by atoms with Crippen molar-refractivity contribution < 1.29 is 0 Å². The van der Waals surface area contributed by atoms with Crippen LogP contribution in [0.5, 0.6) is 0 Å². The predicted octanol–water partition coefficient (Wildman–Crippen LogP) is 2.10. The highest BCUT2D eigenvalue weighted by Gasteiger charge is 2.38. The Balaban J connectivity index is 2.48. The van der Waals surface area contributed by atoms with Crippen LogP contribution < -0.4 is 5.32 Å². The predicted molar refractivity (Wildman–Crippen MR) is 62.6 cm³/mol. The second kappa shape index (κ2) is 4.63. The van der Waals surface area contributed by atoms with Gasteiger partial charge in [-0.1, -0.05) is 6.92 Å². The molecule has 2 unspecified atom stereocenters. The van der Waals surface area contributed by atoms with Crippen molar-refractivity contribution in [3.05, 3.63) is 0 Å². The van der Waals surface area contributed by atoms with E-state index in [2.05, 4.69) is 45.1 Å². The Morgan fingerprint density at radius 1 is 1.36 bits per heavy atom. The van der Waals surface area contributed by atoms with E-state index in [1.54, 1.807) is 0 Å². The summed E-state index contributed by atoms with van der Waals surface area (Å²) >= 11 is 0. The maximum Gasteiger partial charge on any atom is 0.0150 e. The first-order valence-corrected chi connectivity index (χ1v) is 5.90. The molecule has 0 heterocycles. The summed E-state index contributed by atoms with van der Waals surface area (Å²) in [6.45, 7) is 8.15. The molecule has 0 aromatic carbocycles. The van der Waals surface area contributed by atoms with Gasteiger partial charge in [-0.3, -0.25) is 4.90 Å². The summed E-state index contributed by atoms with van der Waals surface area (Å²) in [7, 11) is 4.34. The molecule has 84 valence electrons. The Bertz CT molecular complexity index is 177. The fourth-order valence-electron chi connectivity index (χ4n) is 2.26. The van der Waals surface area contributed by atoms with Crippen LogP contribution in [0.3, 0.4) is 0 Å². The molecule has 1 N–H and O–H groups in total. The first-order valence-electron chi connectivity index (χ1n) is 5.90. The van der Waals surface area contributed by atoms with E-state index in [-0.39, 0.29) is 0 Å². The van der Waals surface area contributed by atoms with Crippen molar-refractivity contribution in [3.63, 3.8) is 0 Å². The maximum absolute atomic E-state index is 3.30. The van der Waals surface area contributed by atoms with Crippen LogP contribution in [0.25, 0.3) is 0 Å². The lowest BCUT2D eigenvalue weighted by Crippen LogP contribution is -2.55. The lowest BCUT2D eigenvalue weighted by Gasteiger charge is -2.49. The monoisotopic (exact) mass is 198 g/mol. The average Bonchev–Trinajstić information content (AvgIpc) is 2.12. The summed E-state index contributed by atoms with van der Waals surface area (Å²) in [5.74, 6) is 0.871. The Morgan fingerprint density at radius 3 is 2.36 bits per heavy atom. The number of hydrogen-bond donors (Lipinski definition) is 1. The fourth-order valence-corrected chi connectivity index (χ4v) is 2.26. The van der Waals surface area contributed by atoms with E-state index in [4.69, 9.17) is 0 Å². The third-order valence-electron chi connectivity index (χ3n) is 4.16. The molecule has 2 atom stereocenters. The second-order valence-electron chi connectivity index (χ2n) is 5.24. The quantitative estimate of drug-likeness (QED) is 0.728. The van der Waals surface area contributed by atoms with Gasteiger partial charge in [0.1, 0.15) is 0 Å². The summed E-state index contributed by atoms with van der Waals surface area (Å²) < 4.78 is 0. The van der Waals surface area contributed by atoms with Crippen LogP contribution in [0.2, 0.25) is 0 Å². The Labute approximate surface area is 89.1 Å². The van der Waals surface area contributed by atoms with Crippen molar-refractivity contribution in [2.24, 2.45) is 5.92 Å². The van der Waals surface area contributed by atoms with E-state index < -0.39 is 0 Å². The van der Waals surface area contributed by atoms with Crippen LogP contribution >= 0.6 is 0 Å². The topological polar surface area (TPSA) is 15.3 Å². The molecule has 2 nitrogen and oxygen atoms in total. The lowest BCUT2D eigenvalue weighted by atomic mass is 9.76. The summed E-state index contributed by atoms with van der Waals surface area (Å²) in [5.41, 5.74) is 0.358. The van der Waals surface area contributed by atoms with Gasteiger partial charge in [-0.2, -0.15) is 0 Å². The molecule has 14 heavy (non-hydrogen) atoms. The highest BCUT2D eigenvalue weighted by Crippen LogP contribution is 2.35. The van der Waals surface area contributed by atoms with Crippen molar-refractivity contribution in [3.8, 4) is 0 Å². The molecular weight excluding hydrogens is 172 g/mol. The van der Waals surface area contributed by atoms with Crippen molar-refractivity contribution in [2.45, 2.75) is 51.6 Å². The molecule has 0 aliphatic heterocycles. The molecule has 1 fully saturated rings. The van der Waals surface area contributed by atoms with Crippen LogP contribution in [0.15, 0.2) is 0 Å². The van der Waals surface area contributed by atoms with Gasteiger partial charge >= 0.3 is 0 Å². The number of nitrogens with one attached hydrogen (secondary N) is 1. The van der Waals surface area contributed by atoms with E-state index in [1.807, 2.05) is 0 Å². The Morgan fingerprint density at radius 2 is 2.00 bits per heavy atom. The zero-order chi connectivity index (χ0) is 10.8. The zero-order valence-electron chi connectivity index (χ0n) is 10.4. The molecule has 2 heteroatoms. The van der Waals surface area contributed by atoms with E-state index in [1.165, 1.54) is 25.8 Å².